The Morgan fingerprint density at radius 2 is 0.936 bits per heavy atom. The molecule has 600 valence electrons. The van der Waals surface area contributed by atoms with Crippen LogP contribution in [0.15, 0.2) is 167 Å². The molecule has 0 atom stereocenters. The average Bonchev–Trinajstić information content (AvgIpc) is 1.18. The maximum Gasteiger partial charge on any atom is 0.281 e. The van der Waals surface area contributed by atoms with E-state index in [9.17, 15) is 52.8 Å². The molecule has 0 aliphatic heterocycles. The fraction of sp³-hybridized carbons (Fsp3) is 0.354. The Labute approximate surface area is 649 Å². The Morgan fingerprint density at radius 1 is 0.527 bits per heavy atom. The van der Waals surface area contributed by atoms with Crippen LogP contribution in [0.2, 0.25) is 0 Å². The molecule has 0 radical (unpaired) electrons. The number of ether oxygens (including phenoxy) is 6. The number of hydrogen-bond donors (Lipinski definition) is 4. The molecule has 0 aliphatic carbocycles. The fourth-order valence-electron chi connectivity index (χ4n) is 10.0. The van der Waals surface area contributed by atoms with Crippen molar-refractivity contribution in [3.05, 3.63) is 203 Å². The van der Waals surface area contributed by atoms with Gasteiger partial charge in [-0.25, -0.2) is 47.3 Å². The third-order valence-corrected chi connectivity index (χ3v) is 18.8. The van der Waals surface area contributed by atoms with Gasteiger partial charge in [0.05, 0.1) is 61.0 Å². The molecule has 4 N–H and O–H groups in total. The zero-order valence-electron chi connectivity index (χ0n) is 64.0. The largest absolute Gasteiger partial charge is 0.493 e. The first kappa shape index (κ1) is 86.6. The molecule has 110 heavy (non-hydrogen) atoms. The van der Waals surface area contributed by atoms with Gasteiger partial charge >= 0.3 is 0 Å². The van der Waals surface area contributed by atoms with Crippen LogP contribution in [-0.2, 0) is 41.2 Å². The van der Waals surface area contributed by atoms with Gasteiger partial charge in [-0.2, -0.15) is 30.4 Å². The van der Waals surface area contributed by atoms with Crippen LogP contribution in [0.25, 0.3) is 33.8 Å². The number of nitrogens with one attached hydrogen (secondary N) is 4. The predicted molar refractivity (Wildman–Crippen MR) is 422 cm³/mol. The second-order valence-electron chi connectivity index (χ2n) is 28.8. The van der Waals surface area contributed by atoms with E-state index in [0.29, 0.717) is 99.9 Å². The Morgan fingerprint density at radius 3 is 1.34 bits per heavy atom. The van der Waals surface area contributed by atoms with Gasteiger partial charge in [0.25, 0.3) is 47.8 Å². The van der Waals surface area contributed by atoms with E-state index in [1.807, 2.05) is 51.0 Å². The molecule has 0 saturated carbocycles. The number of sulfonamides is 3. The number of methoxy groups -OCH3 is 1. The van der Waals surface area contributed by atoms with Gasteiger partial charge < -0.3 is 28.4 Å². The maximum absolute atomic E-state index is 14.4. The monoisotopic (exact) mass is 1590 g/mol. The van der Waals surface area contributed by atoms with Crippen molar-refractivity contribution in [1.29, 1.82) is 0 Å². The number of carbonyl (C=O) groups excluding carboxylic acids is 3. The number of benzene rings is 3. The van der Waals surface area contributed by atoms with E-state index in [0.717, 1.165) is 12.8 Å². The summed E-state index contributed by atoms with van der Waals surface area (Å²) in [6.45, 7) is 31.9. The van der Waals surface area contributed by atoms with Crippen molar-refractivity contribution in [3.8, 4) is 62.8 Å². The fourth-order valence-corrected chi connectivity index (χ4v) is 12.8. The summed E-state index contributed by atoms with van der Waals surface area (Å²) in [6, 6.07) is 31.7. The number of hydrogen-bond acceptors (Lipinski definition) is 21. The lowest BCUT2D eigenvalue weighted by Crippen LogP contribution is -2.36. The summed E-state index contributed by atoms with van der Waals surface area (Å²) in [6.07, 6.45) is 3.34. The summed E-state index contributed by atoms with van der Waals surface area (Å²) in [5, 5.41) is 5.15. The number of halogens is 3. The van der Waals surface area contributed by atoms with Gasteiger partial charge in [-0.15, -0.1) is 0 Å². The standard InChI is InChI=1S/C27H32FN3O6S.C26H33FN4O4S.C26H28FN3O5S.6H2/c1-17(2)15-36-21-13-19(12-20(28)14-21)23-11-10-22(26(30-23)37-27(4,5)16-35-6)25(32)31-38(33,34)24-9-7-8-18(3)29-24;1-17(2)16-35-20-14-18(13-19(27)15-20)22-9-8-21(23(29-22)7-6-11-26(3,4)5)25(32)31-36(33,34)24-10-12-28-30-24;1-16(2)14-34-21-12-19(11-20(27)13-21)23-10-9-22(26(29-23)35-15-17(3)4)25(31)30-36(32,33)24-8-6-7-18(5)28-24;;;;;;/h7-14,17H,15-16H2,1-6H3,(H,31,32);8-10,12-15,17H,6-7,11,16H2,1-5H3,(H,28,30)(H,31,32);6-13,16H,3,14-15H2,1-2,4-5H3,(H,30,31);6*1H. The molecular weight excluding hydrogens is 1480 g/mol. The van der Waals surface area contributed by atoms with E-state index in [-0.39, 0.29) is 88.5 Å². The van der Waals surface area contributed by atoms with Gasteiger partial charge in [-0.05, 0) is 186 Å². The molecule has 0 bridgehead atoms. The van der Waals surface area contributed by atoms with Crippen molar-refractivity contribution >= 4 is 47.8 Å². The van der Waals surface area contributed by atoms with E-state index in [1.165, 1.54) is 110 Å². The van der Waals surface area contributed by atoms with Crippen LogP contribution < -0.4 is 37.9 Å². The molecule has 0 unspecified atom stereocenters. The van der Waals surface area contributed by atoms with E-state index in [2.05, 4.69) is 67.2 Å². The highest BCUT2D eigenvalue weighted by Gasteiger charge is 2.30. The summed E-state index contributed by atoms with van der Waals surface area (Å²) in [4.78, 5) is 60.5. The first-order valence-corrected chi connectivity index (χ1v) is 39.4. The van der Waals surface area contributed by atoms with E-state index >= 15 is 0 Å². The van der Waals surface area contributed by atoms with Gasteiger partial charge in [0, 0.05) is 61.9 Å². The molecule has 6 aromatic heterocycles. The topological polar surface area (TPSA) is 338 Å². The van der Waals surface area contributed by atoms with Crippen LogP contribution in [0.4, 0.5) is 13.2 Å². The van der Waals surface area contributed by atoms with E-state index in [4.69, 9.17) is 28.4 Å². The van der Waals surface area contributed by atoms with Crippen molar-refractivity contribution in [3.63, 3.8) is 0 Å². The van der Waals surface area contributed by atoms with E-state index in [1.54, 1.807) is 71.0 Å². The minimum Gasteiger partial charge on any atom is -0.493 e. The number of H-pyrrole nitrogens is 1. The van der Waals surface area contributed by atoms with Gasteiger partial charge in [0.2, 0.25) is 11.8 Å². The number of aromatic amines is 1. The number of carbonyl (C=O) groups is 3. The normalized spacial score (nSPS) is 11.8. The molecular formula is C79H105F3N10O15S3. The lowest BCUT2D eigenvalue weighted by molar-refractivity contribution is 0.0144. The number of aromatic nitrogens is 7. The Kier molecular flexibility index (Phi) is 30.0. The van der Waals surface area contributed by atoms with Crippen molar-refractivity contribution in [2.75, 3.05) is 40.1 Å². The highest BCUT2D eigenvalue weighted by Crippen LogP contribution is 2.33. The number of amides is 3. The summed E-state index contributed by atoms with van der Waals surface area (Å²) in [5.74, 6) is -2.66. The molecule has 0 spiro atoms. The van der Waals surface area contributed by atoms with Crippen molar-refractivity contribution < 1.29 is 89.8 Å². The molecule has 3 amide bonds. The van der Waals surface area contributed by atoms with Crippen molar-refractivity contribution in [1.82, 2.24) is 49.3 Å². The van der Waals surface area contributed by atoms with Crippen molar-refractivity contribution in [2.24, 2.45) is 23.2 Å². The Hall–Kier alpha value is -10.6. The summed E-state index contributed by atoms with van der Waals surface area (Å²) in [7, 11) is -11.1. The second-order valence-corrected chi connectivity index (χ2v) is 33.8. The third kappa shape index (κ3) is 26.6. The maximum atomic E-state index is 14.4. The SMILES string of the molecule is C=C(C)COc1nc(-c2cc(F)cc(OCC(C)C)c2)ccc1C(=O)NS(=O)(=O)c1cccc(C)n1.CC(C)COc1cc(F)cc(-c2ccc(C(=O)NS(=O)(=O)c3ccn[nH]3)c(CCCC(C)(C)C)n2)c1.COCC(C)(C)Oc1nc(-c2cc(F)cc(OCC(C)C)c2)ccc1C(=O)NS(=O)(=O)c1cccc(C)n1.[HH].[HH].[HH].[HH].[HH].[HH]. The summed E-state index contributed by atoms with van der Waals surface area (Å²) in [5.41, 5.74) is 3.43. The zero-order valence-corrected chi connectivity index (χ0v) is 66.5. The minimum absolute atomic E-state index is 0. The number of pyridine rings is 5. The Balaban J connectivity index is 0.000000848. The highest BCUT2D eigenvalue weighted by atomic mass is 32.2. The summed E-state index contributed by atoms with van der Waals surface area (Å²) >= 11 is 0. The van der Waals surface area contributed by atoms with Gasteiger partial charge in [-0.1, -0.05) is 81.0 Å². The molecule has 9 rings (SSSR count). The molecule has 9 aromatic rings. The lowest BCUT2D eigenvalue weighted by Gasteiger charge is -2.26. The quantitative estimate of drug-likeness (QED) is 0.0293. The smallest absolute Gasteiger partial charge is 0.281 e. The molecule has 0 fully saturated rings. The first-order chi connectivity index (χ1) is 51.6. The molecule has 31 heteroatoms. The second kappa shape index (κ2) is 38.1. The predicted octanol–water partition coefficient (Wildman–Crippen LogP) is 15.9. The van der Waals surface area contributed by atoms with E-state index < -0.39 is 70.8 Å². The van der Waals surface area contributed by atoms with Crippen LogP contribution in [0, 0.1) is 54.5 Å². The van der Waals surface area contributed by atoms with Gasteiger partial charge in [0.15, 0.2) is 15.1 Å². The molecule has 3 aromatic carbocycles. The number of nitrogens with zero attached hydrogens (tertiary/aromatic N) is 6. The highest BCUT2D eigenvalue weighted by molar-refractivity contribution is 7.90. The molecule has 6 heterocycles. The minimum atomic E-state index is -4.27. The first-order valence-electron chi connectivity index (χ1n) is 34.9. The molecule has 25 nitrogen and oxygen atoms in total. The summed E-state index contributed by atoms with van der Waals surface area (Å²) < 4.78 is 159. The lowest BCUT2D eigenvalue weighted by atomic mass is 9.89. The molecule has 0 aliphatic rings. The molecule has 0 saturated heterocycles. The number of rotatable bonds is 31. The van der Waals surface area contributed by atoms with Crippen LogP contribution in [-0.4, -0.2) is 124 Å². The van der Waals surface area contributed by atoms with Crippen LogP contribution >= 0.6 is 0 Å². The van der Waals surface area contributed by atoms with Crippen molar-refractivity contribution in [2.45, 2.75) is 137 Å². The Bertz CT molecular complexity index is 5130. The van der Waals surface area contributed by atoms with Crippen LogP contribution in [0.3, 0.4) is 0 Å². The van der Waals surface area contributed by atoms with Crippen LogP contribution in [0.1, 0.15) is 153 Å². The number of aryl methyl sites for hydroxylation is 3. The van der Waals surface area contributed by atoms with Gasteiger partial charge in [0.1, 0.15) is 58.0 Å². The zero-order chi connectivity index (χ0) is 81.1. The average molecular weight is 1590 g/mol. The third-order valence-electron chi connectivity index (χ3n) is 15.1. The van der Waals surface area contributed by atoms with Gasteiger partial charge in [-0.3, -0.25) is 24.5 Å². The van der Waals surface area contributed by atoms with Crippen LogP contribution in [0.5, 0.6) is 29.0 Å².